The number of aliphatic hydroxyl groups is 1. The summed E-state index contributed by atoms with van der Waals surface area (Å²) in [5.41, 5.74) is 0.172. The molecular weight excluding hydrogens is 100 g/mol. The molecule has 0 aromatic rings. The summed E-state index contributed by atoms with van der Waals surface area (Å²) in [6.07, 6.45) is 0.687. The molecule has 0 aliphatic heterocycles. The second kappa shape index (κ2) is 2.21. The Labute approximate surface area is 51.0 Å². The molecule has 0 aliphatic rings. The third-order valence-corrected chi connectivity index (χ3v) is 0.734. The Morgan fingerprint density at radius 3 is 1.88 bits per heavy atom. The number of hydrogen-bond donors (Lipinski definition) is 1. The van der Waals surface area contributed by atoms with Crippen molar-refractivity contribution >= 4 is 0 Å². The molecule has 0 bridgehead atoms. The van der Waals surface area contributed by atoms with Gasteiger partial charge in [0.1, 0.15) is 0 Å². The van der Waals surface area contributed by atoms with Crippen LogP contribution in [0, 0.1) is 5.41 Å². The van der Waals surface area contributed by atoms with Crippen molar-refractivity contribution in [2.45, 2.75) is 27.2 Å². The molecule has 0 aromatic carbocycles. The highest BCUT2D eigenvalue weighted by molar-refractivity contribution is 4.84. The van der Waals surface area contributed by atoms with E-state index in [1.807, 2.05) is 0 Å². The number of hydrogen-bond acceptors (Lipinski definition) is 1. The van der Waals surface area contributed by atoms with E-state index in [0.29, 0.717) is 6.42 Å². The second-order valence-corrected chi connectivity index (χ2v) is 3.30. The lowest BCUT2D eigenvalue weighted by molar-refractivity contribution is 0.306. The van der Waals surface area contributed by atoms with Crippen LogP contribution in [0.4, 0.5) is 0 Å². The van der Waals surface area contributed by atoms with Crippen LogP contribution in [-0.4, -0.2) is 5.11 Å². The van der Waals surface area contributed by atoms with Crippen LogP contribution >= 0.6 is 0 Å². The summed E-state index contributed by atoms with van der Waals surface area (Å²) in [7, 11) is 0. The van der Waals surface area contributed by atoms with E-state index >= 15 is 0 Å². The number of rotatable bonds is 1. The maximum Gasteiger partial charge on any atom is 0.0856 e. The Balaban J connectivity index is 3.55. The van der Waals surface area contributed by atoms with Crippen molar-refractivity contribution in [3.8, 4) is 0 Å². The molecule has 0 rings (SSSR count). The van der Waals surface area contributed by atoms with E-state index in [1.165, 1.54) is 0 Å². The molecule has 0 spiro atoms. The fourth-order valence-corrected chi connectivity index (χ4v) is 0.612. The largest absolute Gasteiger partial charge is 0.513 e. The van der Waals surface area contributed by atoms with E-state index in [-0.39, 0.29) is 11.2 Å². The minimum absolute atomic E-state index is 0.172. The molecule has 1 heteroatoms. The molecule has 0 aromatic heterocycles. The highest BCUT2D eigenvalue weighted by Gasteiger charge is 2.10. The lowest BCUT2D eigenvalue weighted by atomic mass is 9.92. The van der Waals surface area contributed by atoms with E-state index in [9.17, 15) is 0 Å². The summed E-state index contributed by atoms with van der Waals surface area (Å²) in [4.78, 5) is 0. The van der Waals surface area contributed by atoms with Gasteiger partial charge in [0.2, 0.25) is 0 Å². The van der Waals surface area contributed by atoms with Crippen LogP contribution in [0.3, 0.4) is 0 Å². The molecule has 0 saturated carbocycles. The van der Waals surface area contributed by atoms with Crippen molar-refractivity contribution < 1.29 is 5.11 Å². The van der Waals surface area contributed by atoms with Crippen molar-refractivity contribution in [3.63, 3.8) is 0 Å². The Bertz CT molecular complexity index is 87.1. The van der Waals surface area contributed by atoms with Crippen LogP contribution in [0.2, 0.25) is 0 Å². The van der Waals surface area contributed by atoms with Crippen molar-refractivity contribution in [1.29, 1.82) is 0 Å². The maximum atomic E-state index is 8.69. The van der Waals surface area contributed by atoms with E-state index in [0.717, 1.165) is 0 Å². The van der Waals surface area contributed by atoms with Crippen LogP contribution in [-0.2, 0) is 0 Å². The topological polar surface area (TPSA) is 20.2 Å². The molecule has 1 N–H and O–H groups in total. The molecule has 0 saturated heterocycles. The normalized spacial score (nSPS) is 11.4. The standard InChI is InChI=1S/C7H14O/c1-6(8)5-7(2,3)4/h8H,1,5H2,2-4H3. The Kier molecular flexibility index (Phi) is 2.08. The number of allylic oxidation sites excluding steroid dienone is 1. The quantitative estimate of drug-likeness (QED) is 0.519. The van der Waals surface area contributed by atoms with E-state index in [2.05, 4.69) is 27.4 Å². The van der Waals surface area contributed by atoms with Gasteiger partial charge in [-0.25, -0.2) is 0 Å². The zero-order valence-corrected chi connectivity index (χ0v) is 5.86. The van der Waals surface area contributed by atoms with Gasteiger partial charge in [0.15, 0.2) is 0 Å². The van der Waals surface area contributed by atoms with Gasteiger partial charge < -0.3 is 5.11 Å². The zero-order chi connectivity index (χ0) is 6.78. The third kappa shape index (κ3) is 5.54. The van der Waals surface area contributed by atoms with Crippen molar-refractivity contribution in [3.05, 3.63) is 12.3 Å². The molecule has 1 nitrogen and oxygen atoms in total. The zero-order valence-electron chi connectivity index (χ0n) is 5.86. The van der Waals surface area contributed by atoms with Crippen LogP contribution in [0.5, 0.6) is 0 Å². The van der Waals surface area contributed by atoms with Gasteiger partial charge in [0.05, 0.1) is 5.76 Å². The van der Waals surface area contributed by atoms with E-state index in [1.54, 1.807) is 0 Å². The van der Waals surface area contributed by atoms with E-state index < -0.39 is 0 Å². The minimum Gasteiger partial charge on any atom is -0.513 e. The van der Waals surface area contributed by atoms with Gasteiger partial charge in [-0.1, -0.05) is 27.4 Å². The lowest BCUT2D eigenvalue weighted by Crippen LogP contribution is -2.04. The molecule has 0 atom stereocenters. The molecule has 0 fully saturated rings. The molecule has 48 valence electrons. The summed E-state index contributed by atoms with van der Waals surface area (Å²) < 4.78 is 0. The van der Waals surface area contributed by atoms with E-state index in [4.69, 9.17) is 5.11 Å². The molecule has 0 aliphatic carbocycles. The fraction of sp³-hybridized carbons (Fsp3) is 0.714. The monoisotopic (exact) mass is 114 g/mol. The summed E-state index contributed by atoms with van der Waals surface area (Å²) in [6.45, 7) is 9.59. The van der Waals surface area contributed by atoms with Crippen LogP contribution < -0.4 is 0 Å². The van der Waals surface area contributed by atoms with Crippen LogP contribution in [0.15, 0.2) is 12.3 Å². The molecular formula is C7H14O. The molecule has 0 heterocycles. The lowest BCUT2D eigenvalue weighted by Gasteiger charge is -2.15. The first-order valence-electron chi connectivity index (χ1n) is 2.78. The first-order valence-corrected chi connectivity index (χ1v) is 2.78. The Morgan fingerprint density at radius 2 is 1.88 bits per heavy atom. The summed E-state index contributed by atoms with van der Waals surface area (Å²) in [5.74, 6) is 0.275. The average molecular weight is 114 g/mol. The highest BCUT2D eigenvalue weighted by atomic mass is 16.3. The van der Waals surface area contributed by atoms with Crippen LogP contribution in [0.1, 0.15) is 27.2 Å². The van der Waals surface area contributed by atoms with Gasteiger partial charge in [0.25, 0.3) is 0 Å². The van der Waals surface area contributed by atoms with Crippen molar-refractivity contribution in [2.24, 2.45) is 5.41 Å². The average Bonchev–Trinajstić information content (AvgIpc) is 1.21. The maximum absolute atomic E-state index is 8.69. The highest BCUT2D eigenvalue weighted by Crippen LogP contribution is 2.21. The molecule has 0 unspecified atom stereocenters. The van der Waals surface area contributed by atoms with Crippen molar-refractivity contribution in [2.75, 3.05) is 0 Å². The molecule has 8 heavy (non-hydrogen) atoms. The molecule has 0 amide bonds. The van der Waals surface area contributed by atoms with Gasteiger partial charge in [0, 0.05) is 6.42 Å². The summed E-state index contributed by atoms with van der Waals surface area (Å²) >= 11 is 0. The Morgan fingerprint density at radius 1 is 1.50 bits per heavy atom. The minimum atomic E-state index is 0.172. The predicted octanol–water partition coefficient (Wildman–Crippen LogP) is 2.49. The summed E-state index contributed by atoms with van der Waals surface area (Å²) in [5, 5.41) is 8.69. The first kappa shape index (κ1) is 7.54. The fourth-order valence-electron chi connectivity index (χ4n) is 0.612. The van der Waals surface area contributed by atoms with Gasteiger partial charge in [-0.2, -0.15) is 0 Å². The third-order valence-electron chi connectivity index (χ3n) is 0.734. The first-order chi connectivity index (χ1) is 3.42. The van der Waals surface area contributed by atoms with Crippen molar-refractivity contribution in [1.82, 2.24) is 0 Å². The smallest absolute Gasteiger partial charge is 0.0856 e. The summed E-state index contributed by atoms with van der Waals surface area (Å²) in [6, 6.07) is 0. The van der Waals surface area contributed by atoms with Gasteiger partial charge in [-0.15, -0.1) is 0 Å². The van der Waals surface area contributed by atoms with Crippen LogP contribution in [0.25, 0.3) is 0 Å². The second-order valence-electron chi connectivity index (χ2n) is 3.30. The van der Waals surface area contributed by atoms with Gasteiger partial charge >= 0.3 is 0 Å². The van der Waals surface area contributed by atoms with Gasteiger partial charge in [-0.05, 0) is 5.41 Å². The van der Waals surface area contributed by atoms with Gasteiger partial charge in [-0.3, -0.25) is 0 Å². The number of aliphatic hydroxyl groups excluding tert-OH is 1. The predicted molar refractivity (Wildman–Crippen MR) is 35.8 cm³/mol. The SMILES string of the molecule is C=C(O)CC(C)(C)C. The Hall–Kier alpha value is -0.460. The molecule has 0 radical (unpaired) electrons.